The Labute approximate surface area is 282 Å². The number of benzene rings is 2. The van der Waals surface area contributed by atoms with Crippen LogP contribution in [-0.2, 0) is 35.8 Å². The van der Waals surface area contributed by atoms with Crippen molar-refractivity contribution in [3.63, 3.8) is 0 Å². The fourth-order valence-corrected chi connectivity index (χ4v) is 6.44. The molecule has 0 bridgehead atoms. The summed E-state index contributed by atoms with van der Waals surface area (Å²) in [4.78, 5) is 39.4. The van der Waals surface area contributed by atoms with E-state index in [4.69, 9.17) is 35.8 Å². The SMILES string of the molecule is O=C(O)c1cc2c(nc(CN3CCC(c4cccc(OCc5ccc(Cl)cc5C(=O)OCc5ccccc5)n4)CC3)n2CC2CCO2)[nH]1. The van der Waals surface area contributed by atoms with Crippen molar-refractivity contribution in [1.82, 2.24) is 24.4 Å². The summed E-state index contributed by atoms with van der Waals surface area (Å²) in [6, 6.07) is 22.1. The predicted octanol–water partition coefficient (Wildman–Crippen LogP) is 6.22. The lowest BCUT2D eigenvalue weighted by atomic mass is 9.93. The fraction of sp³-hybridized carbons (Fsp3) is 0.333. The Bertz CT molecular complexity index is 1910. The first-order chi connectivity index (χ1) is 23.4. The van der Waals surface area contributed by atoms with Gasteiger partial charge in [-0.3, -0.25) is 4.90 Å². The number of aromatic amines is 1. The van der Waals surface area contributed by atoms with E-state index in [-0.39, 0.29) is 30.9 Å². The van der Waals surface area contributed by atoms with Crippen molar-refractivity contribution in [1.29, 1.82) is 0 Å². The maximum atomic E-state index is 13.0. The summed E-state index contributed by atoms with van der Waals surface area (Å²) in [5, 5.41) is 9.88. The van der Waals surface area contributed by atoms with Crippen molar-refractivity contribution in [3.8, 4) is 5.88 Å². The molecule has 12 heteroatoms. The Balaban J connectivity index is 0.966. The quantitative estimate of drug-likeness (QED) is 0.149. The zero-order valence-electron chi connectivity index (χ0n) is 26.3. The molecule has 2 aliphatic heterocycles. The predicted molar refractivity (Wildman–Crippen MR) is 178 cm³/mol. The number of imidazole rings is 1. The van der Waals surface area contributed by atoms with E-state index in [1.165, 1.54) is 0 Å². The maximum Gasteiger partial charge on any atom is 0.352 e. The number of halogens is 1. The number of ether oxygens (including phenoxy) is 3. The number of esters is 1. The number of nitrogens with one attached hydrogen (secondary N) is 1. The van der Waals surface area contributed by atoms with E-state index in [0.29, 0.717) is 40.8 Å². The highest BCUT2D eigenvalue weighted by atomic mass is 35.5. The van der Waals surface area contributed by atoms with Crippen LogP contribution in [0.1, 0.15) is 68.7 Å². The molecule has 248 valence electrons. The summed E-state index contributed by atoms with van der Waals surface area (Å²) in [6.07, 6.45) is 2.96. The molecule has 11 nitrogen and oxygen atoms in total. The van der Waals surface area contributed by atoms with E-state index >= 15 is 0 Å². The van der Waals surface area contributed by atoms with Crippen LogP contribution in [0.2, 0.25) is 5.02 Å². The molecule has 48 heavy (non-hydrogen) atoms. The smallest absolute Gasteiger partial charge is 0.352 e. The molecule has 0 saturated carbocycles. The van der Waals surface area contributed by atoms with E-state index in [1.54, 1.807) is 24.3 Å². The summed E-state index contributed by atoms with van der Waals surface area (Å²) >= 11 is 6.23. The number of carboxylic acid groups (broad SMARTS) is 1. The number of fused-ring (bicyclic) bond motifs is 1. The first kappa shape index (κ1) is 31.9. The van der Waals surface area contributed by atoms with E-state index in [2.05, 4.69) is 14.5 Å². The molecule has 0 aliphatic carbocycles. The molecule has 3 aromatic heterocycles. The molecule has 2 aromatic carbocycles. The molecule has 2 fully saturated rings. The number of hydrogen-bond acceptors (Lipinski definition) is 8. The molecular weight excluding hydrogens is 634 g/mol. The van der Waals surface area contributed by atoms with Crippen LogP contribution in [0.4, 0.5) is 0 Å². The van der Waals surface area contributed by atoms with Gasteiger partial charge in [0.1, 0.15) is 24.7 Å². The van der Waals surface area contributed by atoms with Crippen molar-refractivity contribution < 1.29 is 28.9 Å². The number of aromatic nitrogens is 4. The van der Waals surface area contributed by atoms with Gasteiger partial charge in [0, 0.05) is 34.9 Å². The Morgan fingerprint density at radius 1 is 0.979 bits per heavy atom. The maximum absolute atomic E-state index is 13.0. The van der Waals surface area contributed by atoms with Crippen molar-refractivity contribution in [2.24, 2.45) is 0 Å². The zero-order chi connectivity index (χ0) is 33.0. The second-order valence-corrected chi connectivity index (χ2v) is 12.7. The third-order valence-corrected chi connectivity index (χ3v) is 9.26. The topological polar surface area (TPSA) is 132 Å². The number of carbonyl (C=O) groups excluding carboxylic acids is 1. The van der Waals surface area contributed by atoms with Crippen LogP contribution < -0.4 is 4.74 Å². The van der Waals surface area contributed by atoms with Crippen LogP contribution in [0.15, 0.2) is 72.8 Å². The number of aromatic carboxylic acids is 1. The zero-order valence-corrected chi connectivity index (χ0v) is 27.1. The van der Waals surface area contributed by atoms with Gasteiger partial charge in [-0.25, -0.2) is 19.6 Å². The van der Waals surface area contributed by atoms with Crippen molar-refractivity contribution in [2.45, 2.75) is 57.6 Å². The number of hydrogen-bond donors (Lipinski definition) is 2. The molecule has 5 heterocycles. The highest BCUT2D eigenvalue weighted by Gasteiger charge is 2.27. The van der Waals surface area contributed by atoms with Gasteiger partial charge in [-0.05, 0) is 62.2 Å². The normalized spacial score (nSPS) is 16.9. The average molecular weight is 670 g/mol. The summed E-state index contributed by atoms with van der Waals surface area (Å²) in [6.45, 7) is 4.13. The number of rotatable bonds is 12. The highest BCUT2D eigenvalue weighted by Crippen LogP contribution is 2.30. The Hall–Kier alpha value is -4.71. The summed E-state index contributed by atoms with van der Waals surface area (Å²) in [5.41, 5.74) is 4.42. The number of H-pyrrole nitrogens is 1. The number of carboxylic acids is 1. The molecule has 0 radical (unpaired) electrons. The molecular formula is C36H36ClN5O6. The fourth-order valence-electron chi connectivity index (χ4n) is 6.27. The monoisotopic (exact) mass is 669 g/mol. The summed E-state index contributed by atoms with van der Waals surface area (Å²) < 4.78 is 19.4. The number of piperidine rings is 1. The van der Waals surface area contributed by atoms with E-state index in [9.17, 15) is 14.7 Å². The molecule has 1 unspecified atom stereocenters. The van der Waals surface area contributed by atoms with Crippen LogP contribution in [0, 0.1) is 0 Å². The second-order valence-electron chi connectivity index (χ2n) is 12.2. The lowest BCUT2D eigenvalue weighted by molar-refractivity contribution is -0.0592. The van der Waals surface area contributed by atoms with E-state index in [1.807, 2.05) is 48.5 Å². The molecule has 1 atom stereocenters. The number of pyridine rings is 1. The van der Waals surface area contributed by atoms with Gasteiger partial charge in [-0.15, -0.1) is 0 Å². The van der Waals surface area contributed by atoms with Gasteiger partial charge in [0.2, 0.25) is 5.88 Å². The van der Waals surface area contributed by atoms with Crippen molar-refractivity contribution in [2.75, 3.05) is 19.7 Å². The van der Waals surface area contributed by atoms with E-state index in [0.717, 1.165) is 61.6 Å². The van der Waals surface area contributed by atoms with Crippen LogP contribution in [-0.4, -0.2) is 67.3 Å². The number of likely N-dealkylation sites (tertiary alicyclic amines) is 1. The molecule has 2 aliphatic rings. The molecule has 2 saturated heterocycles. The summed E-state index contributed by atoms with van der Waals surface area (Å²) in [7, 11) is 0. The van der Waals surface area contributed by atoms with E-state index < -0.39 is 11.9 Å². The van der Waals surface area contributed by atoms with Gasteiger partial charge >= 0.3 is 11.9 Å². The first-order valence-electron chi connectivity index (χ1n) is 16.1. The standard InChI is InChI=1S/C36H36ClN5O6/c37-26-10-9-25(28(17-26)36(45)48-21-23-5-2-1-3-6-23)22-47-33-8-4-7-29(38-33)24-11-14-41(15-12-24)20-32-40-34-31(18-30(39-34)35(43)44)42(32)19-27-13-16-46-27/h1-10,17-18,24,27,39H,11-16,19-22H2,(H,43,44). The minimum absolute atomic E-state index is 0.121. The lowest BCUT2D eigenvalue weighted by Gasteiger charge is -2.32. The van der Waals surface area contributed by atoms with Gasteiger partial charge in [0.25, 0.3) is 0 Å². The number of carbonyl (C=O) groups is 2. The van der Waals surface area contributed by atoms with Crippen LogP contribution in [0.5, 0.6) is 5.88 Å². The Morgan fingerprint density at radius 3 is 2.54 bits per heavy atom. The van der Waals surface area contributed by atoms with Gasteiger partial charge in [-0.2, -0.15) is 0 Å². The van der Waals surface area contributed by atoms with Gasteiger partial charge < -0.3 is 28.9 Å². The number of nitrogens with zero attached hydrogens (tertiary/aromatic N) is 4. The second kappa shape index (κ2) is 14.2. The first-order valence-corrected chi connectivity index (χ1v) is 16.5. The molecule has 2 N–H and O–H groups in total. The molecule has 5 aromatic rings. The molecule has 0 spiro atoms. The van der Waals surface area contributed by atoms with Crippen LogP contribution in [0.25, 0.3) is 11.2 Å². The Kier molecular flexibility index (Phi) is 9.42. The van der Waals surface area contributed by atoms with Crippen molar-refractivity contribution >= 4 is 34.7 Å². The third kappa shape index (κ3) is 7.23. The third-order valence-electron chi connectivity index (χ3n) is 9.03. The average Bonchev–Trinajstić information content (AvgIpc) is 3.64. The van der Waals surface area contributed by atoms with Gasteiger partial charge in [0.05, 0.1) is 30.3 Å². The lowest BCUT2D eigenvalue weighted by Crippen LogP contribution is -2.35. The minimum atomic E-state index is -1.000. The molecule has 0 amide bonds. The van der Waals surface area contributed by atoms with Crippen LogP contribution in [0.3, 0.4) is 0 Å². The van der Waals surface area contributed by atoms with Gasteiger partial charge in [-0.1, -0.05) is 54.1 Å². The summed E-state index contributed by atoms with van der Waals surface area (Å²) in [5.74, 6) is 0.208. The van der Waals surface area contributed by atoms with Crippen LogP contribution >= 0.6 is 11.6 Å². The van der Waals surface area contributed by atoms with Crippen molar-refractivity contribution in [3.05, 3.63) is 112 Å². The largest absolute Gasteiger partial charge is 0.477 e. The molecule has 7 rings (SSSR count). The Morgan fingerprint density at radius 2 is 1.79 bits per heavy atom. The van der Waals surface area contributed by atoms with Gasteiger partial charge in [0.15, 0.2) is 5.65 Å². The minimum Gasteiger partial charge on any atom is -0.477 e. The highest BCUT2D eigenvalue weighted by molar-refractivity contribution is 6.31.